The number of benzene rings is 1. The maximum absolute atomic E-state index is 12.0. The normalized spacial score (nSPS) is 24.6. The molecule has 0 radical (unpaired) electrons. The van der Waals surface area contributed by atoms with E-state index in [4.69, 9.17) is 0 Å². The summed E-state index contributed by atoms with van der Waals surface area (Å²) in [5.74, 6) is 0.116. The highest BCUT2D eigenvalue weighted by molar-refractivity contribution is 5.84. The number of fused-ring (bicyclic) bond motifs is 1. The standard InChI is InChI=1S/C15H18N2O/c1-11-6-7-14(15(18)16-11)17-9-8-12-4-2-3-5-13(12)10-17/h2-5,14H,1,6-10H2,(H,16,18). The summed E-state index contributed by atoms with van der Waals surface area (Å²) < 4.78 is 0. The van der Waals surface area contributed by atoms with Gasteiger partial charge in [0.2, 0.25) is 5.91 Å². The molecule has 1 atom stereocenters. The molecule has 3 heteroatoms. The van der Waals surface area contributed by atoms with Crippen molar-refractivity contribution in [3.8, 4) is 0 Å². The average molecular weight is 242 g/mol. The van der Waals surface area contributed by atoms with Crippen molar-refractivity contribution in [3.63, 3.8) is 0 Å². The van der Waals surface area contributed by atoms with E-state index in [2.05, 4.69) is 41.1 Å². The molecule has 1 saturated heterocycles. The van der Waals surface area contributed by atoms with Crippen LogP contribution in [0.4, 0.5) is 0 Å². The summed E-state index contributed by atoms with van der Waals surface area (Å²) in [5.41, 5.74) is 3.64. The van der Waals surface area contributed by atoms with Gasteiger partial charge in [-0.05, 0) is 30.4 Å². The number of carbonyl (C=O) groups excluding carboxylic acids is 1. The van der Waals surface area contributed by atoms with Gasteiger partial charge < -0.3 is 5.32 Å². The highest BCUT2D eigenvalue weighted by Crippen LogP contribution is 2.24. The van der Waals surface area contributed by atoms with E-state index in [1.54, 1.807) is 0 Å². The molecule has 0 bridgehead atoms. The van der Waals surface area contributed by atoms with Crippen LogP contribution in [0.5, 0.6) is 0 Å². The van der Waals surface area contributed by atoms with E-state index < -0.39 is 0 Å². The Labute approximate surface area is 107 Å². The van der Waals surface area contributed by atoms with Crippen LogP contribution in [0.2, 0.25) is 0 Å². The number of nitrogens with zero attached hydrogens (tertiary/aromatic N) is 1. The maximum Gasteiger partial charge on any atom is 0.241 e. The van der Waals surface area contributed by atoms with Crippen molar-refractivity contribution in [1.29, 1.82) is 0 Å². The monoisotopic (exact) mass is 242 g/mol. The molecule has 3 rings (SSSR count). The molecule has 1 amide bonds. The zero-order chi connectivity index (χ0) is 12.5. The van der Waals surface area contributed by atoms with Crippen LogP contribution in [0.3, 0.4) is 0 Å². The van der Waals surface area contributed by atoms with Crippen molar-refractivity contribution < 1.29 is 4.79 Å². The number of rotatable bonds is 1. The average Bonchev–Trinajstić information content (AvgIpc) is 2.38. The summed E-state index contributed by atoms with van der Waals surface area (Å²) in [6.07, 6.45) is 2.84. The first kappa shape index (κ1) is 11.5. The molecule has 1 fully saturated rings. The summed E-state index contributed by atoms with van der Waals surface area (Å²) >= 11 is 0. The predicted octanol–water partition coefficient (Wildman–Crippen LogP) is 1.84. The number of hydrogen-bond acceptors (Lipinski definition) is 2. The minimum absolute atomic E-state index is 0.0175. The fourth-order valence-corrected chi connectivity index (χ4v) is 2.89. The van der Waals surface area contributed by atoms with Gasteiger partial charge in [0, 0.05) is 18.8 Å². The van der Waals surface area contributed by atoms with Crippen LogP contribution in [-0.2, 0) is 17.8 Å². The maximum atomic E-state index is 12.0. The second-order valence-corrected chi connectivity index (χ2v) is 5.14. The van der Waals surface area contributed by atoms with Gasteiger partial charge in [0.15, 0.2) is 0 Å². The number of carbonyl (C=O) groups is 1. The fraction of sp³-hybridized carbons (Fsp3) is 0.400. The molecule has 2 aliphatic heterocycles. The lowest BCUT2D eigenvalue weighted by Crippen LogP contribution is -2.50. The van der Waals surface area contributed by atoms with Gasteiger partial charge in [-0.25, -0.2) is 0 Å². The Morgan fingerprint density at radius 2 is 2.00 bits per heavy atom. The molecule has 3 nitrogen and oxygen atoms in total. The lowest BCUT2D eigenvalue weighted by atomic mass is 9.95. The van der Waals surface area contributed by atoms with Crippen molar-refractivity contribution in [3.05, 3.63) is 47.7 Å². The summed E-state index contributed by atoms with van der Waals surface area (Å²) in [6.45, 7) is 5.69. The fourth-order valence-electron chi connectivity index (χ4n) is 2.89. The van der Waals surface area contributed by atoms with E-state index in [1.807, 2.05) is 0 Å². The Morgan fingerprint density at radius 3 is 2.78 bits per heavy atom. The number of piperidine rings is 1. The van der Waals surface area contributed by atoms with Gasteiger partial charge in [-0.3, -0.25) is 9.69 Å². The molecule has 0 spiro atoms. The van der Waals surface area contributed by atoms with Crippen LogP contribution in [0.25, 0.3) is 0 Å². The predicted molar refractivity (Wildman–Crippen MR) is 70.9 cm³/mol. The van der Waals surface area contributed by atoms with Crippen LogP contribution >= 0.6 is 0 Å². The van der Waals surface area contributed by atoms with E-state index in [9.17, 15) is 4.79 Å². The third-order valence-electron chi connectivity index (χ3n) is 3.92. The van der Waals surface area contributed by atoms with Crippen molar-refractivity contribution >= 4 is 5.91 Å². The minimum Gasteiger partial charge on any atom is -0.329 e. The first-order chi connectivity index (χ1) is 8.74. The van der Waals surface area contributed by atoms with Crippen LogP contribution in [-0.4, -0.2) is 23.4 Å². The number of allylic oxidation sites excluding steroid dienone is 1. The Morgan fingerprint density at radius 1 is 1.22 bits per heavy atom. The van der Waals surface area contributed by atoms with E-state index >= 15 is 0 Å². The molecule has 2 aliphatic rings. The Bertz CT molecular complexity index is 495. The minimum atomic E-state index is 0.0175. The molecule has 0 aliphatic carbocycles. The van der Waals surface area contributed by atoms with Crippen LogP contribution in [0.15, 0.2) is 36.5 Å². The van der Waals surface area contributed by atoms with Crippen molar-refractivity contribution in [2.75, 3.05) is 6.54 Å². The molecule has 0 saturated carbocycles. The van der Waals surface area contributed by atoms with Crippen molar-refractivity contribution in [2.24, 2.45) is 0 Å². The quantitative estimate of drug-likeness (QED) is 0.815. The third kappa shape index (κ3) is 2.06. The first-order valence-corrected chi connectivity index (χ1v) is 6.53. The Kier molecular flexibility index (Phi) is 2.92. The number of nitrogens with one attached hydrogen (secondary N) is 1. The Balaban J connectivity index is 1.76. The van der Waals surface area contributed by atoms with E-state index in [0.717, 1.165) is 38.0 Å². The van der Waals surface area contributed by atoms with Gasteiger partial charge in [0.05, 0.1) is 6.04 Å². The molecule has 1 unspecified atom stereocenters. The third-order valence-corrected chi connectivity index (χ3v) is 3.92. The highest BCUT2D eigenvalue weighted by Gasteiger charge is 2.31. The largest absolute Gasteiger partial charge is 0.329 e. The Hall–Kier alpha value is -1.61. The molecule has 94 valence electrons. The van der Waals surface area contributed by atoms with Gasteiger partial charge in [-0.2, -0.15) is 0 Å². The number of hydrogen-bond donors (Lipinski definition) is 1. The molecule has 1 aromatic carbocycles. The lowest BCUT2D eigenvalue weighted by Gasteiger charge is -2.37. The van der Waals surface area contributed by atoms with Gasteiger partial charge in [0.1, 0.15) is 0 Å². The second kappa shape index (κ2) is 4.58. The van der Waals surface area contributed by atoms with Gasteiger partial charge >= 0.3 is 0 Å². The van der Waals surface area contributed by atoms with Gasteiger partial charge in [-0.1, -0.05) is 30.8 Å². The topological polar surface area (TPSA) is 32.3 Å². The molecule has 1 aromatic rings. The van der Waals surface area contributed by atoms with Crippen molar-refractivity contribution in [1.82, 2.24) is 10.2 Å². The SMILES string of the molecule is C=C1CCC(N2CCc3ccccc3C2)C(=O)N1. The second-order valence-electron chi connectivity index (χ2n) is 5.14. The first-order valence-electron chi connectivity index (χ1n) is 6.53. The van der Waals surface area contributed by atoms with E-state index in [1.165, 1.54) is 11.1 Å². The summed E-state index contributed by atoms with van der Waals surface area (Å²) in [6, 6.07) is 8.54. The smallest absolute Gasteiger partial charge is 0.241 e. The number of amides is 1. The van der Waals surface area contributed by atoms with Crippen LogP contribution in [0.1, 0.15) is 24.0 Å². The lowest BCUT2D eigenvalue weighted by molar-refractivity contribution is -0.127. The van der Waals surface area contributed by atoms with Gasteiger partial charge in [-0.15, -0.1) is 0 Å². The summed E-state index contributed by atoms with van der Waals surface area (Å²) in [5, 5.41) is 2.88. The van der Waals surface area contributed by atoms with E-state index in [-0.39, 0.29) is 11.9 Å². The van der Waals surface area contributed by atoms with Crippen molar-refractivity contribution in [2.45, 2.75) is 31.8 Å². The highest BCUT2D eigenvalue weighted by atomic mass is 16.2. The molecule has 1 N–H and O–H groups in total. The van der Waals surface area contributed by atoms with E-state index in [0.29, 0.717) is 0 Å². The molecule has 18 heavy (non-hydrogen) atoms. The van der Waals surface area contributed by atoms with Gasteiger partial charge in [0.25, 0.3) is 0 Å². The molecule has 2 heterocycles. The molecular formula is C15H18N2O. The summed E-state index contributed by atoms with van der Waals surface area (Å²) in [7, 11) is 0. The van der Waals surface area contributed by atoms with Crippen LogP contribution < -0.4 is 5.32 Å². The molecule has 0 aromatic heterocycles. The zero-order valence-electron chi connectivity index (χ0n) is 10.5. The summed E-state index contributed by atoms with van der Waals surface area (Å²) in [4.78, 5) is 14.3. The zero-order valence-corrected chi connectivity index (χ0v) is 10.5. The molecular weight excluding hydrogens is 224 g/mol. The van der Waals surface area contributed by atoms with Crippen LogP contribution in [0, 0.1) is 0 Å².